The predicted molar refractivity (Wildman–Crippen MR) is 101 cm³/mol. The number of hydrogen-bond acceptors (Lipinski definition) is 3. The van der Waals surface area contributed by atoms with E-state index in [9.17, 15) is 9.59 Å². The molecule has 1 atom stereocenters. The molecule has 1 aliphatic heterocycles. The molecule has 1 unspecified atom stereocenters. The second-order valence-corrected chi connectivity index (χ2v) is 6.84. The molecule has 0 aliphatic carbocycles. The Labute approximate surface area is 154 Å². The lowest BCUT2D eigenvalue weighted by molar-refractivity contribution is -0.128. The first-order valence-electron chi connectivity index (χ1n) is 8.90. The fraction of sp³-hybridized carbons (Fsp3) is 0.333. The fourth-order valence-corrected chi connectivity index (χ4v) is 3.04. The maximum absolute atomic E-state index is 12.5. The minimum absolute atomic E-state index is 0.0229. The molecular formula is C21H24N2O3. The first kappa shape index (κ1) is 18.0. The van der Waals surface area contributed by atoms with Gasteiger partial charge in [0.15, 0.2) is 0 Å². The molecule has 1 saturated heterocycles. The maximum atomic E-state index is 12.5. The van der Waals surface area contributed by atoms with E-state index >= 15 is 0 Å². The number of hydrogen-bond donors (Lipinski definition) is 1. The summed E-state index contributed by atoms with van der Waals surface area (Å²) in [5, 5.41) is 2.90. The number of carbonyl (C=O) groups excluding carboxylic acids is 2. The molecule has 136 valence electrons. The van der Waals surface area contributed by atoms with Crippen LogP contribution in [0.15, 0.2) is 54.6 Å². The Kier molecular flexibility index (Phi) is 5.56. The van der Waals surface area contributed by atoms with Crippen LogP contribution in [0, 0.1) is 5.92 Å². The third-order valence-electron chi connectivity index (χ3n) is 4.30. The van der Waals surface area contributed by atoms with Crippen molar-refractivity contribution in [2.45, 2.75) is 32.9 Å². The van der Waals surface area contributed by atoms with E-state index in [1.807, 2.05) is 68.4 Å². The maximum Gasteiger partial charge on any atom is 0.229 e. The zero-order chi connectivity index (χ0) is 18.5. The topological polar surface area (TPSA) is 58.6 Å². The van der Waals surface area contributed by atoms with Crippen molar-refractivity contribution < 1.29 is 14.3 Å². The molecular weight excluding hydrogens is 328 g/mol. The Bertz CT molecular complexity index is 757. The standard InChI is InChI=1S/C21H24N2O3/c1-15(2)26-19-10-8-18(9-11-19)22-21(25)17-12-20(24)23(14-17)13-16-6-4-3-5-7-16/h3-11,15,17H,12-14H2,1-2H3,(H,22,25). The summed E-state index contributed by atoms with van der Waals surface area (Å²) < 4.78 is 5.59. The Hall–Kier alpha value is -2.82. The van der Waals surface area contributed by atoms with Crippen LogP contribution in [0.3, 0.4) is 0 Å². The summed E-state index contributed by atoms with van der Waals surface area (Å²) in [5.74, 6) is 0.349. The summed E-state index contributed by atoms with van der Waals surface area (Å²) in [5.41, 5.74) is 1.78. The predicted octanol–water partition coefficient (Wildman–Crippen LogP) is 3.46. The van der Waals surface area contributed by atoms with E-state index in [4.69, 9.17) is 4.74 Å². The van der Waals surface area contributed by atoms with Gasteiger partial charge in [-0.15, -0.1) is 0 Å². The smallest absolute Gasteiger partial charge is 0.229 e. The van der Waals surface area contributed by atoms with Gasteiger partial charge in [-0.3, -0.25) is 9.59 Å². The normalized spacial score (nSPS) is 16.8. The number of likely N-dealkylation sites (tertiary alicyclic amines) is 1. The molecule has 3 rings (SSSR count). The van der Waals surface area contributed by atoms with Crippen LogP contribution in [0.5, 0.6) is 5.75 Å². The summed E-state index contributed by atoms with van der Waals surface area (Å²) in [7, 11) is 0. The molecule has 5 heteroatoms. The minimum atomic E-state index is -0.321. The lowest BCUT2D eigenvalue weighted by Gasteiger charge is -2.17. The van der Waals surface area contributed by atoms with Crippen LogP contribution < -0.4 is 10.1 Å². The number of ether oxygens (including phenoxy) is 1. The van der Waals surface area contributed by atoms with Crippen LogP contribution in [-0.2, 0) is 16.1 Å². The molecule has 1 N–H and O–H groups in total. The lowest BCUT2D eigenvalue weighted by Crippen LogP contribution is -2.28. The number of benzene rings is 2. The van der Waals surface area contributed by atoms with Crippen LogP contribution >= 0.6 is 0 Å². The van der Waals surface area contributed by atoms with E-state index in [-0.39, 0.29) is 30.3 Å². The van der Waals surface area contributed by atoms with Gasteiger partial charge in [0.05, 0.1) is 12.0 Å². The van der Waals surface area contributed by atoms with Gasteiger partial charge in [-0.2, -0.15) is 0 Å². The Morgan fingerprint density at radius 3 is 2.50 bits per heavy atom. The molecule has 0 radical (unpaired) electrons. The summed E-state index contributed by atoms with van der Waals surface area (Å²) in [4.78, 5) is 26.5. The van der Waals surface area contributed by atoms with E-state index in [1.54, 1.807) is 4.90 Å². The Morgan fingerprint density at radius 2 is 1.85 bits per heavy atom. The molecule has 5 nitrogen and oxygen atoms in total. The summed E-state index contributed by atoms with van der Waals surface area (Å²) in [6.07, 6.45) is 0.364. The van der Waals surface area contributed by atoms with Crippen LogP contribution in [0.1, 0.15) is 25.8 Å². The first-order valence-corrected chi connectivity index (χ1v) is 8.90. The summed E-state index contributed by atoms with van der Waals surface area (Å²) in [6.45, 7) is 4.93. The Morgan fingerprint density at radius 1 is 1.15 bits per heavy atom. The molecule has 0 bridgehead atoms. The van der Waals surface area contributed by atoms with Crippen LogP contribution in [0.2, 0.25) is 0 Å². The van der Waals surface area contributed by atoms with Gasteiger partial charge in [0.25, 0.3) is 0 Å². The quantitative estimate of drug-likeness (QED) is 0.866. The number of carbonyl (C=O) groups is 2. The van der Waals surface area contributed by atoms with Gasteiger partial charge in [0.2, 0.25) is 11.8 Å². The lowest BCUT2D eigenvalue weighted by atomic mass is 10.1. The summed E-state index contributed by atoms with van der Waals surface area (Å²) >= 11 is 0. The molecule has 2 aromatic carbocycles. The number of rotatable bonds is 6. The highest BCUT2D eigenvalue weighted by Crippen LogP contribution is 2.23. The van der Waals surface area contributed by atoms with Crippen molar-refractivity contribution in [3.63, 3.8) is 0 Å². The number of nitrogens with one attached hydrogen (secondary N) is 1. The van der Waals surface area contributed by atoms with E-state index in [2.05, 4.69) is 5.32 Å². The zero-order valence-electron chi connectivity index (χ0n) is 15.1. The van der Waals surface area contributed by atoms with Crippen molar-refractivity contribution in [3.8, 4) is 5.75 Å². The molecule has 0 saturated carbocycles. The fourth-order valence-electron chi connectivity index (χ4n) is 3.04. The molecule has 0 spiro atoms. The van der Waals surface area contributed by atoms with Crippen molar-refractivity contribution in [1.82, 2.24) is 4.90 Å². The van der Waals surface area contributed by atoms with E-state index in [0.717, 1.165) is 11.3 Å². The molecule has 26 heavy (non-hydrogen) atoms. The molecule has 1 fully saturated rings. The summed E-state index contributed by atoms with van der Waals surface area (Å²) in [6, 6.07) is 17.1. The first-order chi connectivity index (χ1) is 12.5. The average molecular weight is 352 g/mol. The zero-order valence-corrected chi connectivity index (χ0v) is 15.1. The second-order valence-electron chi connectivity index (χ2n) is 6.84. The van der Waals surface area contributed by atoms with Crippen molar-refractivity contribution in [1.29, 1.82) is 0 Å². The number of amides is 2. The van der Waals surface area contributed by atoms with Gasteiger partial charge in [-0.1, -0.05) is 30.3 Å². The van der Waals surface area contributed by atoms with Crippen LogP contribution in [0.25, 0.3) is 0 Å². The molecule has 2 aromatic rings. The monoisotopic (exact) mass is 352 g/mol. The largest absolute Gasteiger partial charge is 0.491 e. The van der Waals surface area contributed by atoms with E-state index in [0.29, 0.717) is 18.8 Å². The van der Waals surface area contributed by atoms with Gasteiger partial charge in [-0.25, -0.2) is 0 Å². The second kappa shape index (κ2) is 8.04. The van der Waals surface area contributed by atoms with Gasteiger partial charge in [0, 0.05) is 25.2 Å². The Balaban J connectivity index is 1.56. The molecule has 1 heterocycles. The van der Waals surface area contributed by atoms with Crippen molar-refractivity contribution >= 4 is 17.5 Å². The van der Waals surface area contributed by atoms with Crippen LogP contribution in [-0.4, -0.2) is 29.4 Å². The van der Waals surface area contributed by atoms with Crippen molar-refractivity contribution in [3.05, 3.63) is 60.2 Å². The average Bonchev–Trinajstić information content (AvgIpc) is 2.98. The molecule has 1 aliphatic rings. The number of anilines is 1. The molecule has 0 aromatic heterocycles. The van der Waals surface area contributed by atoms with Crippen molar-refractivity contribution in [2.24, 2.45) is 5.92 Å². The third kappa shape index (κ3) is 4.63. The van der Waals surface area contributed by atoms with E-state index in [1.165, 1.54) is 0 Å². The highest BCUT2D eigenvalue weighted by atomic mass is 16.5. The third-order valence-corrected chi connectivity index (χ3v) is 4.30. The van der Waals surface area contributed by atoms with Gasteiger partial charge in [-0.05, 0) is 43.7 Å². The van der Waals surface area contributed by atoms with Crippen LogP contribution in [0.4, 0.5) is 5.69 Å². The van der Waals surface area contributed by atoms with E-state index < -0.39 is 0 Å². The van der Waals surface area contributed by atoms with Crippen molar-refractivity contribution in [2.75, 3.05) is 11.9 Å². The highest BCUT2D eigenvalue weighted by Gasteiger charge is 2.34. The van der Waals surface area contributed by atoms with Gasteiger partial charge in [0.1, 0.15) is 5.75 Å². The van der Waals surface area contributed by atoms with Gasteiger partial charge < -0.3 is 15.0 Å². The van der Waals surface area contributed by atoms with Gasteiger partial charge >= 0.3 is 0 Å². The number of nitrogens with zero attached hydrogens (tertiary/aromatic N) is 1. The minimum Gasteiger partial charge on any atom is -0.491 e. The SMILES string of the molecule is CC(C)Oc1ccc(NC(=O)C2CC(=O)N(Cc3ccccc3)C2)cc1. The highest BCUT2D eigenvalue weighted by molar-refractivity contribution is 5.97. The molecule has 2 amide bonds.